The Morgan fingerprint density at radius 3 is 2.72 bits per heavy atom. The second kappa shape index (κ2) is 6.45. The van der Waals surface area contributed by atoms with Crippen LogP contribution in [0.15, 0.2) is 53.0 Å². The molecule has 2 aromatic rings. The van der Waals surface area contributed by atoms with E-state index < -0.39 is 0 Å². The van der Waals surface area contributed by atoms with Gasteiger partial charge in [-0.3, -0.25) is 0 Å². The fourth-order valence-corrected chi connectivity index (χ4v) is 2.18. The van der Waals surface area contributed by atoms with Crippen molar-refractivity contribution in [3.63, 3.8) is 0 Å². The zero-order chi connectivity index (χ0) is 12.8. The maximum absolute atomic E-state index is 5.58. The van der Waals surface area contributed by atoms with Gasteiger partial charge in [0, 0.05) is 11.0 Å². The van der Waals surface area contributed by atoms with E-state index in [9.17, 15) is 0 Å². The topological polar surface area (TPSA) is 21.3 Å². The third kappa shape index (κ3) is 3.50. The lowest BCUT2D eigenvalue weighted by Gasteiger charge is -2.12. The molecular formula is C15H16BrNO. The maximum Gasteiger partial charge on any atom is 0.142 e. The summed E-state index contributed by atoms with van der Waals surface area (Å²) >= 11 is 3.48. The van der Waals surface area contributed by atoms with Crippen LogP contribution in [0, 0.1) is 0 Å². The van der Waals surface area contributed by atoms with Gasteiger partial charge in [-0.05, 0) is 36.8 Å². The normalized spacial score (nSPS) is 10.1. The van der Waals surface area contributed by atoms with Crippen molar-refractivity contribution in [1.82, 2.24) is 0 Å². The molecule has 0 aromatic heterocycles. The summed E-state index contributed by atoms with van der Waals surface area (Å²) in [5.41, 5.74) is 2.26. The lowest BCUT2D eigenvalue weighted by atomic mass is 10.2. The van der Waals surface area contributed by atoms with Crippen LogP contribution in [0.5, 0.6) is 5.75 Å². The summed E-state index contributed by atoms with van der Waals surface area (Å²) in [6.45, 7) is 3.45. The van der Waals surface area contributed by atoms with E-state index in [-0.39, 0.29) is 0 Å². The molecule has 0 unspecified atom stereocenters. The molecule has 0 bridgehead atoms. The standard InChI is InChI=1S/C15H16BrNO/c1-2-18-15-9-4-3-8-14(15)17-11-12-6-5-7-13(16)10-12/h3-10,17H,2,11H2,1H3. The van der Waals surface area contributed by atoms with Crippen molar-refractivity contribution in [2.45, 2.75) is 13.5 Å². The molecule has 0 radical (unpaired) electrons. The number of benzene rings is 2. The molecule has 0 aliphatic carbocycles. The molecule has 0 amide bonds. The zero-order valence-corrected chi connectivity index (χ0v) is 11.9. The van der Waals surface area contributed by atoms with Crippen LogP contribution in [0.3, 0.4) is 0 Å². The van der Waals surface area contributed by atoms with Crippen molar-refractivity contribution < 1.29 is 4.74 Å². The van der Waals surface area contributed by atoms with Gasteiger partial charge < -0.3 is 10.1 Å². The highest BCUT2D eigenvalue weighted by Crippen LogP contribution is 2.24. The first-order valence-corrected chi connectivity index (χ1v) is 6.79. The number of hydrogen-bond donors (Lipinski definition) is 1. The predicted octanol–water partition coefficient (Wildman–Crippen LogP) is 4.46. The highest BCUT2D eigenvalue weighted by atomic mass is 79.9. The molecule has 0 saturated heterocycles. The van der Waals surface area contributed by atoms with Gasteiger partial charge in [-0.15, -0.1) is 0 Å². The van der Waals surface area contributed by atoms with Gasteiger partial charge in [-0.2, -0.15) is 0 Å². The highest BCUT2D eigenvalue weighted by Gasteiger charge is 2.01. The van der Waals surface area contributed by atoms with Gasteiger partial charge in [-0.1, -0.05) is 40.2 Å². The van der Waals surface area contributed by atoms with Crippen molar-refractivity contribution in [3.8, 4) is 5.75 Å². The van der Waals surface area contributed by atoms with Gasteiger partial charge in [0.15, 0.2) is 0 Å². The molecule has 3 heteroatoms. The van der Waals surface area contributed by atoms with E-state index in [0.717, 1.165) is 22.5 Å². The maximum atomic E-state index is 5.58. The van der Waals surface area contributed by atoms with Crippen LogP contribution in [0.1, 0.15) is 12.5 Å². The van der Waals surface area contributed by atoms with Crippen LogP contribution < -0.4 is 10.1 Å². The molecule has 0 aliphatic rings. The summed E-state index contributed by atoms with van der Waals surface area (Å²) in [5, 5.41) is 3.40. The van der Waals surface area contributed by atoms with Crippen molar-refractivity contribution in [2.24, 2.45) is 0 Å². The summed E-state index contributed by atoms with van der Waals surface area (Å²) in [5.74, 6) is 0.898. The van der Waals surface area contributed by atoms with Gasteiger partial charge in [0.25, 0.3) is 0 Å². The van der Waals surface area contributed by atoms with Crippen LogP contribution in [0.2, 0.25) is 0 Å². The molecule has 2 nitrogen and oxygen atoms in total. The Balaban J connectivity index is 2.06. The summed E-state index contributed by atoms with van der Waals surface area (Å²) in [7, 11) is 0. The Hall–Kier alpha value is -1.48. The Morgan fingerprint density at radius 1 is 1.11 bits per heavy atom. The Kier molecular flexibility index (Phi) is 4.65. The van der Waals surface area contributed by atoms with Crippen LogP contribution in [-0.4, -0.2) is 6.61 Å². The fraction of sp³-hybridized carbons (Fsp3) is 0.200. The lowest BCUT2D eigenvalue weighted by molar-refractivity contribution is 0.341. The summed E-state index contributed by atoms with van der Waals surface area (Å²) < 4.78 is 6.67. The quantitative estimate of drug-likeness (QED) is 0.880. The molecule has 0 atom stereocenters. The number of para-hydroxylation sites is 2. The van der Waals surface area contributed by atoms with Gasteiger partial charge in [0.1, 0.15) is 5.75 Å². The van der Waals surface area contributed by atoms with E-state index in [0.29, 0.717) is 6.61 Å². The smallest absolute Gasteiger partial charge is 0.142 e. The summed E-state index contributed by atoms with van der Waals surface area (Å²) in [6, 6.07) is 16.3. The molecule has 1 N–H and O–H groups in total. The van der Waals surface area contributed by atoms with Crippen molar-refractivity contribution in [2.75, 3.05) is 11.9 Å². The lowest BCUT2D eigenvalue weighted by Crippen LogP contribution is -2.02. The van der Waals surface area contributed by atoms with Gasteiger partial charge in [0.05, 0.1) is 12.3 Å². The molecular weight excluding hydrogens is 290 g/mol. The third-order valence-electron chi connectivity index (χ3n) is 2.56. The van der Waals surface area contributed by atoms with Crippen molar-refractivity contribution in [1.29, 1.82) is 0 Å². The Morgan fingerprint density at radius 2 is 1.94 bits per heavy atom. The summed E-state index contributed by atoms with van der Waals surface area (Å²) in [6.07, 6.45) is 0. The van der Waals surface area contributed by atoms with E-state index in [1.165, 1.54) is 5.56 Å². The van der Waals surface area contributed by atoms with Gasteiger partial charge in [-0.25, -0.2) is 0 Å². The molecule has 0 saturated carbocycles. The minimum absolute atomic E-state index is 0.676. The minimum Gasteiger partial charge on any atom is -0.492 e. The van der Waals surface area contributed by atoms with E-state index in [1.54, 1.807) is 0 Å². The first-order valence-electron chi connectivity index (χ1n) is 5.99. The van der Waals surface area contributed by atoms with Crippen molar-refractivity contribution in [3.05, 3.63) is 58.6 Å². The van der Waals surface area contributed by atoms with Crippen LogP contribution in [-0.2, 0) is 6.54 Å². The van der Waals surface area contributed by atoms with Crippen LogP contribution >= 0.6 is 15.9 Å². The van der Waals surface area contributed by atoms with Crippen LogP contribution in [0.25, 0.3) is 0 Å². The van der Waals surface area contributed by atoms with Gasteiger partial charge >= 0.3 is 0 Å². The molecule has 0 spiro atoms. The number of ether oxygens (including phenoxy) is 1. The highest BCUT2D eigenvalue weighted by molar-refractivity contribution is 9.10. The van der Waals surface area contributed by atoms with E-state index in [2.05, 4.69) is 33.4 Å². The Labute approximate surface area is 116 Å². The van der Waals surface area contributed by atoms with E-state index >= 15 is 0 Å². The molecule has 2 rings (SSSR count). The van der Waals surface area contributed by atoms with Crippen molar-refractivity contribution >= 4 is 21.6 Å². The Bertz CT molecular complexity index is 513. The number of hydrogen-bond acceptors (Lipinski definition) is 2. The number of rotatable bonds is 5. The predicted molar refractivity (Wildman–Crippen MR) is 79.1 cm³/mol. The first-order chi connectivity index (χ1) is 8.79. The molecule has 0 aliphatic heterocycles. The third-order valence-corrected chi connectivity index (χ3v) is 3.05. The number of anilines is 1. The van der Waals surface area contributed by atoms with Gasteiger partial charge in [0.2, 0.25) is 0 Å². The molecule has 18 heavy (non-hydrogen) atoms. The zero-order valence-electron chi connectivity index (χ0n) is 10.3. The van der Waals surface area contributed by atoms with Crippen LogP contribution in [0.4, 0.5) is 5.69 Å². The molecule has 94 valence electrons. The number of nitrogens with one attached hydrogen (secondary N) is 1. The molecule has 2 aromatic carbocycles. The molecule has 0 heterocycles. The average molecular weight is 306 g/mol. The second-order valence-electron chi connectivity index (χ2n) is 3.91. The van der Waals surface area contributed by atoms with E-state index in [4.69, 9.17) is 4.74 Å². The largest absolute Gasteiger partial charge is 0.492 e. The SMILES string of the molecule is CCOc1ccccc1NCc1cccc(Br)c1. The minimum atomic E-state index is 0.676. The van der Waals surface area contributed by atoms with E-state index in [1.807, 2.05) is 43.3 Å². The summed E-state index contributed by atoms with van der Waals surface area (Å²) in [4.78, 5) is 0. The second-order valence-corrected chi connectivity index (χ2v) is 4.83. The average Bonchev–Trinajstić information content (AvgIpc) is 2.38. The fourth-order valence-electron chi connectivity index (χ4n) is 1.74. The number of halogens is 1. The molecule has 0 fully saturated rings. The monoisotopic (exact) mass is 305 g/mol. The first kappa shape index (κ1) is 13.0.